The molecule has 0 atom stereocenters. The molecule has 0 radical (unpaired) electrons. The SMILES string of the molecule is CCC1(c2cc(C(F)(F)F)ccc2C)CC1. The van der Waals surface area contributed by atoms with Gasteiger partial charge >= 0.3 is 6.18 Å². The van der Waals surface area contributed by atoms with Crippen LogP contribution in [0.4, 0.5) is 13.2 Å². The third-order valence-electron chi connectivity index (χ3n) is 3.67. The average Bonchev–Trinajstić information content (AvgIpc) is 2.97. The maximum atomic E-state index is 12.6. The summed E-state index contributed by atoms with van der Waals surface area (Å²) in [6, 6.07) is 4.10. The van der Waals surface area contributed by atoms with Gasteiger partial charge in [-0.05, 0) is 54.9 Å². The molecule has 0 aromatic heterocycles. The highest BCUT2D eigenvalue weighted by Crippen LogP contribution is 2.52. The molecular weight excluding hydrogens is 213 g/mol. The van der Waals surface area contributed by atoms with Crippen molar-refractivity contribution in [3.63, 3.8) is 0 Å². The summed E-state index contributed by atoms with van der Waals surface area (Å²) in [5.41, 5.74) is 1.38. The number of alkyl halides is 3. The number of halogens is 3. The summed E-state index contributed by atoms with van der Waals surface area (Å²) in [5.74, 6) is 0. The summed E-state index contributed by atoms with van der Waals surface area (Å²) >= 11 is 0. The lowest BCUT2D eigenvalue weighted by Gasteiger charge is -2.18. The van der Waals surface area contributed by atoms with Crippen LogP contribution in [0.1, 0.15) is 42.9 Å². The third-order valence-corrected chi connectivity index (χ3v) is 3.67. The van der Waals surface area contributed by atoms with E-state index in [-0.39, 0.29) is 5.41 Å². The molecule has 0 nitrogen and oxygen atoms in total. The molecule has 1 aromatic carbocycles. The van der Waals surface area contributed by atoms with Crippen molar-refractivity contribution in [1.82, 2.24) is 0 Å². The molecule has 0 aliphatic heterocycles. The third kappa shape index (κ3) is 1.83. The van der Waals surface area contributed by atoms with Gasteiger partial charge in [0.15, 0.2) is 0 Å². The predicted octanol–water partition coefficient (Wildman–Crippen LogP) is 4.46. The van der Waals surface area contributed by atoms with Crippen LogP contribution < -0.4 is 0 Å². The van der Waals surface area contributed by atoms with Gasteiger partial charge in [0, 0.05) is 0 Å². The molecule has 3 heteroatoms. The largest absolute Gasteiger partial charge is 0.416 e. The van der Waals surface area contributed by atoms with Crippen LogP contribution in [0.15, 0.2) is 18.2 Å². The van der Waals surface area contributed by atoms with E-state index in [1.54, 1.807) is 6.07 Å². The molecule has 0 N–H and O–H groups in total. The van der Waals surface area contributed by atoms with Crippen LogP contribution in [0.5, 0.6) is 0 Å². The monoisotopic (exact) mass is 228 g/mol. The van der Waals surface area contributed by atoms with Gasteiger partial charge in [0.2, 0.25) is 0 Å². The van der Waals surface area contributed by atoms with Crippen LogP contribution in [0.25, 0.3) is 0 Å². The Balaban J connectivity index is 2.46. The molecule has 16 heavy (non-hydrogen) atoms. The van der Waals surface area contributed by atoms with Crippen molar-refractivity contribution < 1.29 is 13.2 Å². The first-order chi connectivity index (χ1) is 7.39. The van der Waals surface area contributed by atoms with Crippen molar-refractivity contribution >= 4 is 0 Å². The van der Waals surface area contributed by atoms with E-state index in [0.717, 1.165) is 30.4 Å². The van der Waals surface area contributed by atoms with E-state index in [2.05, 4.69) is 0 Å². The Kier molecular flexibility index (Phi) is 2.52. The molecule has 2 rings (SSSR count). The second-order valence-electron chi connectivity index (χ2n) is 4.66. The zero-order valence-electron chi connectivity index (χ0n) is 9.49. The molecule has 88 valence electrons. The van der Waals surface area contributed by atoms with E-state index in [1.165, 1.54) is 12.1 Å². The maximum Gasteiger partial charge on any atom is 0.416 e. The van der Waals surface area contributed by atoms with Crippen LogP contribution in [-0.4, -0.2) is 0 Å². The summed E-state index contributed by atoms with van der Waals surface area (Å²) in [5, 5.41) is 0. The van der Waals surface area contributed by atoms with Gasteiger partial charge < -0.3 is 0 Å². The molecule has 0 amide bonds. The molecule has 1 aliphatic carbocycles. The molecule has 1 fully saturated rings. The maximum absolute atomic E-state index is 12.6. The van der Waals surface area contributed by atoms with Crippen LogP contribution in [0.2, 0.25) is 0 Å². The molecule has 1 saturated carbocycles. The standard InChI is InChI=1S/C13H15F3/c1-3-12(6-7-12)11-8-10(13(14,15)16)5-4-9(11)2/h4-5,8H,3,6-7H2,1-2H3. The van der Waals surface area contributed by atoms with Crippen molar-refractivity contribution in [2.75, 3.05) is 0 Å². The van der Waals surface area contributed by atoms with Crippen molar-refractivity contribution in [3.8, 4) is 0 Å². The second kappa shape index (κ2) is 3.51. The lowest BCUT2D eigenvalue weighted by atomic mass is 9.88. The summed E-state index contributed by atoms with van der Waals surface area (Å²) in [6.45, 7) is 3.94. The normalized spacial score (nSPS) is 18.6. The van der Waals surface area contributed by atoms with E-state index < -0.39 is 11.7 Å². The Hall–Kier alpha value is -0.990. The van der Waals surface area contributed by atoms with Gasteiger partial charge in [-0.3, -0.25) is 0 Å². The minimum Gasteiger partial charge on any atom is -0.166 e. The number of rotatable bonds is 2. The fourth-order valence-electron chi connectivity index (χ4n) is 2.33. The number of hydrogen-bond acceptors (Lipinski definition) is 0. The summed E-state index contributed by atoms with van der Waals surface area (Å²) in [6.07, 6.45) is -1.27. The predicted molar refractivity (Wildman–Crippen MR) is 57.4 cm³/mol. The number of benzene rings is 1. The first-order valence-electron chi connectivity index (χ1n) is 5.57. The fourth-order valence-corrected chi connectivity index (χ4v) is 2.33. The van der Waals surface area contributed by atoms with E-state index in [1.807, 2.05) is 13.8 Å². The van der Waals surface area contributed by atoms with E-state index in [0.29, 0.717) is 0 Å². The van der Waals surface area contributed by atoms with Crippen LogP contribution in [0.3, 0.4) is 0 Å². The highest BCUT2D eigenvalue weighted by Gasteiger charge is 2.44. The highest BCUT2D eigenvalue weighted by molar-refractivity contribution is 5.41. The first-order valence-corrected chi connectivity index (χ1v) is 5.57. The molecule has 1 aromatic rings. The van der Waals surface area contributed by atoms with Gasteiger partial charge in [0.1, 0.15) is 0 Å². The first kappa shape index (κ1) is 11.5. The van der Waals surface area contributed by atoms with Crippen molar-refractivity contribution in [2.24, 2.45) is 0 Å². The van der Waals surface area contributed by atoms with Gasteiger partial charge in [-0.2, -0.15) is 13.2 Å². The highest BCUT2D eigenvalue weighted by atomic mass is 19.4. The fraction of sp³-hybridized carbons (Fsp3) is 0.538. The summed E-state index contributed by atoms with van der Waals surface area (Å²) in [4.78, 5) is 0. The summed E-state index contributed by atoms with van der Waals surface area (Å²) in [7, 11) is 0. The van der Waals surface area contributed by atoms with Gasteiger partial charge in [-0.1, -0.05) is 13.0 Å². The van der Waals surface area contributed by atoms with Crippen LogP contribution >= 0.6 is 0 Å². The molecule has 0 heterocycles. The van der Waals surface area contributed by atoms with Crippen molar-refractivity contribution in [1.29, 1.82) is 0 Å². The quantitative estimate of drug-likeness (QED) is 0.701. The van der Waals surface area contributed by atoms with E-state index in [4.69, 9.17) is 0 Å². The molecule has 0 bridgehead atoms. The van der Waals surface area contributed by atoms with Crippen molar-refractivity contribution in [2.45, 2.75) is 44.7 Å². The van der Waals surface area contributed by atoms with Gasteiger partial charge in [-0.25, -0.2) is 0 Å². The Morgan fingerprint density at radius 3 is 2.31 bits per heavy atom. The zero-order valence-corrected chi connectivity index (χ0v) is 9.49. The van der Waals surface area contributed by atoms with Gasteiger partial charge in [0.05, 0.1) is 5.56 Å². The zero-order chi connectivity index (χ0) is 12.0. The minimum atomic E-state index is -4.23. The molecular formula is C13H15F3. The van der Waals surface area contributed by atoms with E-state index in [9.17, 15) is 13.2 Å². The Morgan fingerprint density at radius 1 is 1.25 bits per heavy atom. The molecule has 0 unspecified atom stereocenters. The topological polar surface area (TPSA) is 0 Å². The lowest BCUT2D eigenvalue weighted by molar-refractivity contribution is -0.137. The van der Waals surface area contributed by atoms with Gasteiger partial charge in [-0.15, -0.1) is 0 Å². The smallest absolute Gasteiger partial charge is 0.166 e. The van der Waals surface area contributed by atoms with E-state index >= 15 is 0 Å². The Labute approximate surface area is 93.5 Å². The molecule has 1 aliphatic rings. The van der Waals surface area contributed by atoms with Crippen LogP contribution in [0, 0.1) is 6.92 Å². The van der Waals surface area contributed by atoms with Crippen molar-refractivity contribution in [3.05, 3.63) is 34.9 Å². The number of hydrogen-bond donors (Lipinski definition) is 0. The minimum absolute atomic E-state index is 0.0331. The van der Waals surface area contributed by atoms with Crippen LogP contribution in [-0.2, 0) is 11.6 Å². The molecule has 0 spiro atoms. The second-order valence-corrected chi connectivity index (χ2v) is 4.66. The average molecular weight is 228 g/mol. The number of aryl methyl sites for hydroxylation is 1. The summed E-state index contributed by atoms with van der Waals surface area (Å²) < 4.78 is 37.8. The molecule has 0 saturated heterocycles. The Morgan fingerprint density at radius 2 is 1.88 bits per heavy atom. The Bertz CT molecular complexity index is 400. The lowest BCUT2D eigenvalue weighted by Crippen LogP contribution is -2.11. The van der Waals surface area contributed by atoms with Gasteiger partial charge in [0.25, 0.3) is 0 Å².